The molecule has 110 valence electrons. The molecule has 1 aliphatic heterocycles. The normalized spacial score (nSPS) is 19.4. The Kier molecular flexibility index (Phi) is 7.18. The average molecular weight is 263 g/mol. The van der Waals surface area contributed by atoms with Crippen LogP contribution in [0.2, 0.25) is 0 Å². The van der Waals surface area contributed by atoms with Gasteiger partial charge in [-0.25, -0.2) is 0 Å². The third kappa shape index (κ3) is 3.99. The summed E-state index contributed by atoms with van der Waals surface area (Å²) in [5.41, 5.74) is 4.57. The van der Waals surface area contributed by atoms with Gasteiger partial charge in [0.1, 0.15) is 0 Å². The Hall–Kier alpha value is -0.980. The summed E-state index contributed by atoms with van der Waals surface area (Å²) in [4.78, 5) is 2.42. The van der Waals surface area contributed by atoms with Crippen LogP contribution in [0.3, 0.4) is 0 Å². The van der Waals surface area contributed by atoms with Crippen molar-refractivity contribution in [3.63, 3.8) is 0 Å². The lowest BCUT2D eigenvalue weighted by atomic mass is 9.80. The lowest BCUT2D eigenvalue weighted by molar-refractivity contribution is 0.395. The second kappa shape index (κ2) is 7.57. The molecule has 1 aromatic carbocycles. The molecule has 0 radical (unpaired) electrons. The Morgan fingerprint density at radius 3 is 2.16 bits per heavy atom. The summed E-state index contributed by atoms with van der Waals surface area (Å²) >= 11 is 0. The van der Waals surface area contributed by atoms with Gasteiger partial charge in [0.05, 0.1) is 0 Å². The summed E-state index contributed by atoms with van der Waals surface area (Å²) in [5.74, 6) is 0.672. The summed E-state index contributed by atoms with van der Waals surface area (Å²) < 4.78 is 0. The largest absolute Gasteiger partial charge is 0.369 e. The maximum absolute atomic E-state index is 2.42. The zero-order valence-corrected chi connectivity index (χ0v) is 14.5. The van der Waals surface area contributed by atoms with E-state index in [-0.39, 0.29) is 5.54 Å². The van der Waals surface area contributed by atoms with Crippen LogP contribution in [-0.2, 0) is 0 Å². The number of anilines is 1. The van der Waals surface area contributed by atoms with Gasteiger partial charge in [0, 0.05) is 18.3 Å². The van der Waals surface area contributed by atoms with E-state index in [9.17, 15) is 0 Å². The van der Waals surface area contributed by atoms with Crippen LogP contribution in [0.4, 0.5) is 5.69 Å². The minimum absolute atomic E-state index is 0.279. The van der Waals surface area contributed by atoms with Crippen molar-refractivity contribution in [1.82, 2.24) is 0 Å². The highest BCUT2D eigenvalue weighted by molar-refractivity contribution is 5.59. The zero-order chi connectivity index (χ0) is 15.2. The summed E-state index contributed by atoms with van der Waals surface area (Å²) in [5, 5.41) is 0. The van der Waals surface area contributed by atoms with Gasteiger partial charge in [-0.1, -0.05) is 52.3 Å². The van der Waals surface area contributed by atoms with Gasteiger partial charge in [-0.2, -0.15) is 0 Å². The average Bonchev–Trinajstić information content (AvgIpc) is 2.40. The molecule has 0 aromatic heterocycles. The number of nitrogens with zero attached hydrogens (tertiary/aromatic N) is 1. The molecule has 1 aromatic rings. The zero-order valence-electron chi connectivity index (χ0n) is 14.5. The fourth-order valence-electron chi connectivity index (χ4n) is 2.70. The molecule has 1 nitrogen and oxygen atoms in total. The van der Waals surface area contributed by atoms with Crippen molar-refractivity contribution in [3.8, 4) is 0 Å². The van der Waals surface area contributed by atoms with Crippen LogP contribution in [0.1, 0.15) is 71.9 Å². The number of hydrogen-bond acceptors (Lipinski definition) is 1. The first kappa shape index (κ1) is 18.0. The Morgan fingerprint density at radius 2 is 1.63 bits per heavy atom. The maximum Gasteiger partial charge on any atom is 0.0403 e. The fraction of sp³-hybridized carbons (Fsp3) is 0.667. The van der Waals surface area contributed by atoms with Crippen LogP contribution in [0.5, 0.6) is 0 Å². The molecule has 1 heterocycles. The lowest BCUT2D eigenvalue weighted by Crippen LogP contribution is -2.45. The van der Waals surface area contributed by atoms with E-state index >= 15 is 0 Å². The maximum atomic E-state index is 2.42. The first-order valence-corrected chi connectivity index (χ1v) is 7.76. The second-order valence-electron chi connectivity index (χ2n) is 5.54. The third-order valence-electron chi connectivity index (χ3n) is 3.79. The van der Waals surface area contributed by atoms with E-state index < -0.39 is 0 Å². The molecular weight excluding hydrogens is 230 g/mol. The van der Waals surface area contributed by atoms with Crippen molar-refractivity contribution in [3.05, 3.63) is 29.3 Å². The molecule has 0 amide bonds. The molecule has 0 fully saturated rings. The Labute approximate surface area is 121 Å². The summed E-state index contributed by atoms with van der Waals surface area (Å²) in [6, 6.07) is 6.82. The molecule has 2 rings (SSSR count). The van der Waals surface area contributed by atoms with Gasteiger partial charge in [0.2, 0.25) is 0 Å². The molecular formula is C18H33N. The molecule has 0 bridgehead atoms. The Morgan fingerprint density at radius 1 is 1.11 bits per heavy atom. The second-order valence-corrected chi connectivity index (χ2v) is 5.54. The van der Waals surface area contributed by atoms with E-state index in [0.717, 1.165) is 0 Å². The molecule has 0 spiro atoms. The van der Waals surface area contributed by atoms with E-state index in [4.69, 9.17) is 0 Å². The predicted molar refractivity (Wildman–Crippen MR) is 89.4 cm³/mol. The van der Waals surface area contributed by atoms with E-state index in [2.05, 4.69) is 57.8 Å². The number of aryl methyl sites for hydroxylation is 1. The van der Waals surface area contributed by atoms with Crippen LogP contribution < -0.4 is 4.90 Å². The fourth-order valence-corrected chi connectivity index (χ4v) is 2.70. The predicted octanol–water partition coefficient (Wildman–Crippen LogP) is 5.77. The van der Waals surface area contributed by atoms with Crippen molar-refractivity contribution in [2.75, 3.05) is 11.9 Å². The lowest BCUT2D eigenvalue weighted by Gasteiger charge is -2.45. The molecule has 1 atom stereocenters. The Balaban J connectivity index is 0.000000741. The van der Waals surface area contributed by atoms with Crippen molar-refractivity contribution in [2.45, 2.75) is 73.3 Å². The molecule has 1 unspecified atom stereocenters. The smallest absolute Gasteiger partial charge is 0.0403 e. The van der Waals surface area contributed by atoms with Gasteiger partial charge >= 0.3 is 0 Å². The first-order chi connectivity index (χ1) is 8.92. The van der Waals surface area contributed by atoms with E-state index in [1.807, 2.05) is 27.7 Å². The topological polar surface area (TPSA) is 3.24 Å². The van der Waals surface area contributed by atoms with E-state index in [1.165, 1.54) is 23.2 Å². The van der Waals surface area contributed by atoms with E-state index in [0.29, 0.717) is 5.92 Å². The molecule has 0 aliphatic carbocycles. The van der Waals surface area contributed by atoms with Gasteiger partial charge in [-0.3, -0.25) is 0 Å². The van der Waals surface area contributed by atoms with Crippen LogP contribution in [0.15, 0.2) is 18.2 Å². The van der Waals surface area contributed by atoms with Gasteiger partial charge in [0.15, 0.2) is 0 Å². The first-order valence-electron chi connectivity index (χ1n) is 7.76. The highest BCUT2D eigenvalue weighted by Gasteiger charge is 2.33. The van der Waals surface area contributed by atoms with Gasteiger partial charge in [0.25, 0.3) is 0 Å². The number of hydrogen-bond donors (Lipinski definition) is 0. The molecule has 1 aliphatic rings. The number of fused-ring (bicyclic) bond motifs is 1. The van der Waals surface area contributed by atoms with Crippen LogP contribution in [0, 0.1) is 6.92 Å². The monoisotopic (exact) mass is 263 g/mol. The summed E-state index contributed by atoms with van der Waals surface area (Å²) in [6.07, 6.45) is 1.24. The number of rotatable bonds is 0. The number of benzene rings is 1. The molecule has 0 N–H and O–H groups in total. The van der Waals surface area contributed by atoms with Gasteiger partial charge in [-0.05, 0) is 44.7 Å². The van der Waals surface area contributed by atoms with E-state index in [1.54, 1.807) is 0 Å². The minimum Gasteiger partial charge on any atom is -0.369 e. The van der Waals surface area contributed by atoms with Gasteiger partial charge in [-0.15, -0.1) is 0 Å². The summed E-state index contributed by atoms with van der Waals surface area (Å²) in [6.45, 7) is 17.2. The molecule has 1 heteroatoms. The highest BCUT2D eigenvalue weighted by atomic mass is 15.2. The Bertz CT molecular complexity index is 379. The van der Waals surface area contributed by atoms with Gasteiger partial charge < -0.3 is 4.90 Å². The van der Waals surface area contributed by atoms with Crippen molar-refractivity contribution >= 4 is 5.69 Å². The standard InChI is InChI=1S/C14H21N.2C2H6/c1-10-6-7-13-12(8-10)11(2)9-14(3,4)15(13)5;2*1-2/h6-8,11H,9H2,1-5H3;2*1-2H3. The van der Waals surface area contributed by atoms with Crippen molar-refractivity contribution in [2.24, 2.45) is 0 Å². The van der Waals surface area contributed by atoms with Crippen LogP contribution >= 0.6 is 0 Å². The van der Waals surface area contributed by atoms with Crippen LogP contribution in [0.25, 0.3) is 0 Å². The SMILES string of the molecule is CC.CC.Cc1ccc2c(c1)C(C)CC(C)(C)N2C. The molecule has 0 saturated carbocycles. The molecule has 0 saturated heterocycles. The summed E-state index contributed by atoms with van der Waals surface area (Å²) in [7, 11) is 2.21. The van der Waals surface area contributed by atoms with Crippen molar-refractivity contribution < 1.29 is 0 Å². The minimum atomic E-state index is 0.279. The quantitative estimate of drug-likeness (QED) is 0.574. The van der Waals surface area contributed by atoms with Crippen molar-refractivity contribution in [1.29, 1.82) is 0 Å². The van der Waals surface area contributed by atoms with Crippen LogP contribution in [-0.4, -0.2) is 12.6 Å². The molecule has 19 heavy (non-hydrogen) atoms. The highest BCUT2D eigenvalue weighted by Crippen LogP contribution is 2.42. The third-order valence-corrected chi connectivity index (χ3v) is 3.79.